The Bertz CT molecular complexity index is 2440. The molecule has 0 saturated carbocycles. The summed E-state index contributed by atoms with van der Waals surface area (Å²) in [5.74, 6) is -1.09. The summed E-state index contributed by atoms with van der Waals surface area (Å²) in [5, 5.41) is 2.17. The van der Waals surface area contributed by atoms with Crippen molar-refractivity contribution in [3.05, 3.63) is 95.0 Å². The first-order valence-electron chi connectivity index (χ1n) is 22.6. The van der Waals surface area contributed by atoms with Gasteiger partial charge in [0.25, 0.3) is 11.8 Å². The maximum Gasteiger partial charge on any atom is 0.266 e. The zero-order valence-electron chi connectivity index (χ0n) is 38.0. The normalized spacial score (nSPS) is 18.7. The maximum atomic E-state index is 13.2. The van der Waals surface area contributed by atoms with E-state index in [1.165, 1.54) is 12.1 Å². The minimum Gasteiger partial charge on any atom is -0.496 e. The Balaban J connectivity index is 0.713. The molecule has 1 N–H and O–H groups in total. The number of carbonyl (C=O) groups excluding carboxylic acids is 7. The van der Waals surface area contributed by atoms with Gasteiger partial charge < -0.3 is 33.5 Å². The number of likely N-dealkylation sites (N-methyl/N-ethyl adjacent to an activating group) is 1. The lowest BCUT2D eigenvalue weighted by Crippen LogP contribution is -2.54. The van der Waals surface area contributed by atoms with E-state index in [9.17, 15) is 33.6 Å². The second kappa shape index (κ2) is 22.7. The summed E-state index contributed by atoms with van der Waals surface area (Å²) >= 11 is 0. The highest BCUT2D eigenvalue weighted by Crippen LogP contribution is 2.37. The lowest BCUT2D eigenvalue weighted by molar-refractivity contribution is -0.136. The summed E-state index contributed by atoms with van der Waals surface area (Å²) in [4.78, 5) is 103. The number of benzene rings is 2. The molecule has 1 aromatic heterocycles. The van der Waals surface area contributed by atoms with Gasteiger partial charge in [0.15, 0.2) is 17.4 Å². The SMILES string of the molecule is COc1cc(C(=O)CCCCOCCOCCOCCCCC(=O)COc2cccc3c2C(=O)N(C2CCC(=O)NC2=O)C3=O)ccc1Cc1ncc2c(n1)N(C)C1C=CC=CC1C(=O)N2C. The molecule has 4 aliphatic rings. The number of carbonyl (C=O) groups is 7. The Kier molecular flexibility index (Phi) is 16.4. The number of rotatable bonds is 24. The van der Waals surface area contributed by atoms with Crippen molar-refractivity contribution in [2.24, 2.45) is 5.92 Å². The molecule has 3 atom stereocenters. The number of allylic oxidation sites excluding steroid dienone is 2. The number of ketones is 2. The monoisotopic (exact) mass is 920 g/mol. The van der Waals surface area contributed by atoms with Crippen LogP contribution in [-0.2, 0) is 39.8 Å². The van der Waals surface area contributed by atoms with Gasteiger partial charge in [-0.25, -0.2) is 9.97 Å². The number of fused-ring (bicyclic) bond motifs is 3. The Morgan fingerprint density at radius 1 is 0.821 bits per heavy atom. The predicted molar refractivity (Wildman–Crippen MR) is 243 cm³/mol. The topological polar surface area (TPSA) is 213 Å². The fourth-order valence-corrected chi connectivity index (χ4v) is 8.43. The lowest BCUT2D eigenvalue weighted by Gasteiger charge is -2.29. The molecule has 3 aliphatic heterocycles. The van der Waals surface area contributed by atoms with Crippen molar-refractivity contribution < 1.29 is 57.2 Å². The number of anilines is 2. The van der Waals surface area contributed by atoms with Crippen molar-refractivity contribution in [3.8, 4) is 11.5 Å². The van der Waals surface area contributed by atoms with Crippen molar-refractivity contribution in [1.82, 2.24) is 20.2 Å². The molecule has 3 unspecified atom stereocenters. The molecule has 354 valence electrons. The average Bonchev–Trinajstić information content (AvgIpc) is 3.55. The molecule has 1 saturated heterocycles. The highest BCUT2D eigenvalue weighted by atomic mass is 16.5. The Morgan fingerprint density at radius 2 is 1.54 bits per heavy atom. The minimum atomic E-state index is -1.09. The first-order valence-corrected chi connectivity index (χ1v) is 22.6. The van der Waals surface area contributed by atoms with E-state index in [2.05, 4.69) is 10.3 Å². The molecule has 0 spiro atoms. The van der Waals surface area contributed by atoms with Crippen LogP contribution in [0.25, 0.3) is 0 Å². The number of ether oxygens (including phenoxy) is 5. The molecule has 67 heavy (non-hydrogen) atoms. The Labute approximate surface area is 388 Å². The number of piperidine rings is 1. The molecule has 4 heterocycles. The molecular formula is C49H56N6O12. The summed E-state index contributed by atoms with van der Waals surface area (Å²) in [7, 11) is 5.26. The number of aromatic nitrogens is 2. The highest BCUT2D eigenvalue weighted by molar-refractivity contribution is 6.24. The van der Waals surface area contributed by atoms with Crippen LogP contribution in [0.5, 0.6) is 11.5 Å². The number of imide groups is 2. The number of amides is 5. The molecule has 3 aromatic rings. The second-order valence-corrected chi connectivity index (χ2v) is 16.6. The zero-order chi connectivity index (χ0) is 47.5. The zero-order valence-corrected chi connectivity index (χ0v) is 38.0. The predicted octanol–water partition coefficient (Wildman–Crippen LogP) is 4.22. The smallest absolute Gasteiger partial charge is 0.266 e. The number of nitrogens with one attached hydrogen (secondary N) is 1. The van der Waals surface area contributed by atoms with Crippen molar-refractivity contribution >= 4 is 52.6 Å². The molecule has 5 amide bonds. The number of nitrogens with zero attached hydrogens (tertiary/aromatic N) is 5. The van der Waals surface area contributed by atoms with E-state index >= 15 is 0 Å². The Hall–Kier alpha value is -6.63. The number of Topliss-reactive ketones (excluding diaryl/α,β-unsaturated/α-hetero) is 2. The van der Waals surface area contributed by atoms with Crippen LogP contribution in [0.15, 0.2) is 66.9 Å². The standard InChI is InChI=1S/C49H56N6O12/c1-53-36-14-5-4-12-34(36)47(60)54(2)38-29-50-42(51-45(38)53)28-32-18-17-31(27-41(32)63-3)39(57)15-7-9-22-65-24-26-66-25-23-64-21-8-6-11-33(56)30-67-40-16-10-13-35-44(40)49(62)55(48(35)61)37-19-20-43(58)52-46(37)59/h4-5,10,12-14,16-18,27,29,34,36-37H,6-9,11,15,19-26,28,30H2,1-3H3,(H,52,58,59). The largest absolute Gasteiger partial charge is 0.496 e. The van der Waals surface area contributed by atoms with E-state index in [0.717, 1.165) is 16.9 Å². The van der Waals surface area contributed by atoms with Crippen LogP contribution in [0.1, 0.15) is 93.8 Å². The first kappa shape index (κ1) is 48.3. The van der Waals surface area contributed by atoms with Gasteiger partial charge in [-0.05, 0) is 50.3 Å². The summed E-state index contributed by atoms with van der Waals surface area (Å²) in [6.45, 7) is 2.27. The van der Waals surface area contributed by atoms with Gasteiger partial charge in [-0.2, -0.15) is 0 Å². The van der Waals surface area contributed by atoms with Crippen LogP contribution in [0, 0.1) is 5.92 Å². The maximum absolute atomic E-state index is 13.2. The van der Waals surface area contributed by atoms with Gasteiger partial charge in [0, 0.05) is 64.1 Å². The molecule has 18 heteroatoms. The van der Waals surface area contributed by atoms with E-state index in [1.807, 2.05) is 42.3 Å². The van der Waals surface area contributed by atoms with E-state index in [-0.39, 0.29) is 72.2 Å². The fraction of sp³-hybridized carbons (Fsp3) is 0.449. The summed E-state index contributed by atoms with van der Waals surface area (Å²) in [6, 6.07) is 8.70. The molecule has 18 nitrogen and oxygen atoms in total. The third-order valence-corrected chi connectivity index (χ3v) is 12.1. The van der Waals surface area contributed by atoms with E-state index < -0.39 is 29.7 Å². The average molecular weight is 921 g/mol. The van der Waals surface area contributed by atoms with Gasteiger partial charge in [-0.15, -0.1) is 0 Å². The summed E-state index contributed by atoms with van der Waals surface area (Å²) in [5.41, 5.74) is 2.14. The highest BCUT2D eigenvalue weighted by Gasteiger charge is 2.46. The van der Waals surface area contributed by atoms with E-state index in [4.69, 9.17) is 28.7 Å². The molecule has 2 aromatic carbocycles. The third-order valence-electron chi connectivity index (χ3n) is 12.1. The molecule has 1 aliphatic carbocycles. The van der Waals surface area contributed by atoms with Gasteiger partial charge in [-0.1, -0.05) is 42.5 Å². The van der Waals surface area contributed by atoms with Crippen molar-refractivity contribution in [3.63, 3.8) is 0 Å². The van der Waals surface area contributed by atoms with Crippen LogP contribution in [0.3, 0.4) is 0 Å². The van der Waals surface area contributed by atoms with Crippen molar-refractivity contribution in [2.75, 3.05) is 77.3 Å². The van der Waals surface area contributed by atoms with Crippen LogP contribution < -0.4 is 24.6 Å². The van der Waals surface area contributed by atoms with Crippen LogP contribution >= 0.6 is 0 Å². The lowest BCUT2D eigenvalue weighted by atomic mass is 9.93. The minimum absolute atomic E-state index is 0.000630. The quantitative estimate of drug-likeness (QED) is 0.0757. The summed E-state index contributed by atoms with van der Waals surface area (Å²) < 4.78 is 28.2. The number of unbranched alkanes of at least 4 members (excludes halogenated alkanes) is 2. The van der Waals surface area contributed by atoms with Gasteiger partial charge in [0.2, 0.25) is 17.7 Å². The van der Waals surface area contributed by atoms with Gasteiger partial charge >= 0.3 is 0 Å². The molecule has 7 rings (SSSR count). The molecule has 0 radical (unpaired) electrons. The molecule has 1 fully saturated rings. The number of hydrogen-bond acceptors (Lipinski definition) is 15. The van der Waals surface area contributed by atoms with Crippen LogP contribution in [-0.4, -0.2) is 136 Å². The van der Waals surface area contributed by atoms with Gasteiger partial charge in [-0.3, -0.25) is 43.8 Å². The second-order valence-electron chi connectivity index (χ2n) is 16.6. The van der Waals surface area contributed by atoms with Crippen molar-refractivity contribution in [2.45, 2.75) is 69.9 Å². The van der Waals surface area contributed by atoms with Gasteiger partial charge in [0.1, 0.15) is 35.7 Å². The first-order chi connectivity index (χ1) is 32.5. The van der Waals surface area contributed by atoms with Crippen LogP contribution in [0.2, 0.25) is 0 Å². The summed E-state index contributed by atoms with van der Waals surface area (Å²) in [6.07, 6.45) is 13.1. The molecule has 0 bridgehead atoms. The van der Waals surface area contributed by atoms with E-state index in [1.54, 1.807) is 43.5 Å². The van der Waals surface area contributed by atoms with Gasteiger partial charge in [0.05, 0.1) is 62.8 Å². The third kappa shape index (κ3) is 11.5. The Morgan fingerprint density at radius 3 is 2.27 bits per heavy atom. The fourth-order valence-electron chi connectivity index (χ4n) is 8.43. The van der Waals surface area contributed by atoms with Crippen molar-refractivity contribution in [1.29, 1.82) is 0 Å². The van der Waals surface area contributed by atoms with E-state index in [0.29, 0.717) is 100 Å². The number of hydrogen-bond donors (Lipinski definition) is 1. The van der Waals surface area contributed by atoms with Crippen LogP contribution in [0.4, 0.5) is 11.5 Å². The molecular weight excluding hydrogens is 865 g/mol. The number of methoxy groups -OCH3 is 1.